The maximum Gasteiger partial charge on any atom is 0.235 e. The molecule has 1 aliphatic carbocycles. The third-order valence-corrected chi connectivity index (χ3v) is 5.59. The van der Waals surface area contributed by atoms with E-state index < -0.39 is 17.6 Å². The zero-order valence-corrected chi connectivity index (χ0v) is 18.0. The lowest BCUT2D eigenvalue weighted by Gasteiger charge is -2.26. The predicted molar refractivity (Wildman–Crippen MR) is 119 cm³/mol. The molecular weight excluding hydrogens is 394 g/mol. The molecule has 3 rings (SSSR count). The molecule has 164 valence electrons. The highest BCUT2D eigenvalue weighted by atomic mass is 16.5. The molecule has 2 aromatic carbocycles. The fraction of sp³-hybridized carbons (Fsp3) is 0.360. The number of Topliss-reactive ketones (excluding diaryl/α,β-unsaturated/α-hetero) is 2. The zero-order valence-electron chi connectivity index (χ0n) is 18.0. The summed E-state index contributed by atoms with van der Waals surface area (Å²) in [5.74, 6) is -1.34. The molecule has 0 bridgehead atoms. The van der Waals surface area contributed by atoms with Crippen LogP contribution in [0.5, 0.6) is 11.5 Å². The van der Waals surface area contributed by atoms with E-state index in [0.717, 1.165) is 25.7 Å². The Bertz CT molecular complexity index is 995. The second kappa shape index (κ2) is 10.3. The predicted octanol–water partition coefficient (Wildman–Crippen LogP) is 4.74. The smallest absolute Gasteiger partial charge is 0.235 e. The molecule has 0 aromatic heterocycles. The number of fused-ring (bicyclic) bond motifs is 1. The number of unbranched alkanes of at least 4 members (excludes halogenated alkanes) is 4. The first-order chi connectivity index (χ1) is 15.0. The summed E-state index contributed by atoms with van der Waals surface area (Å²) in [6, 6.07) is 10.6. The third kappa shape index (κ3) is 4.80. The number of aromatic hydroxyl groups is 1. The largest absolute Gasteiger partial charge is 0.507 e. The first-order valence-electron chi connectivity index (χ1n) is 10.7. The Hall–Kier alpha value is -3.12. The van der Waals surface area contributed by atoms with Gasteiger partial charge < -0.3 is 20.3 Å². The molecule has 0 aliphatic heterocycles. The molecule has 0 fully saturated rings. The van der Waals surface area contributed by atoms with Crippen LogP contribution >= 0.6 is 0 Å². The van der Waals surface area contributed by atoms with Crippen molar-refractivity contribution in [1.29, 1.82) is 0 Å². The number of aliphatic hydroxyl groups is 1. The van der Waals surface area contributed by atoms with Crippen LogP contribution in [-0.2, 0) is 4.79 Å². The highest BCUT2D eigenvalue weighted by Gasteiger charge is 2.37. The number of benzene rings is 2. The van der Waals surface area contributed by atoms with Gasteiger partial charge in [0.2, 0.25) is 11.6 Å². The molecule has 6 nitrogen and oxygen atoms in total. The van der Waals surface area contributed by atoms with Crippen LogP contribution in [0.4, 0.5) is 0 Å². The van der Waals surface area contributed by atoms with Gasteiger partial charge in [0, 0.05) is 11.1 Å². The summed E-state index contributed by atoms with van der Waals surface area (Å²) in [5, 5.41) is 24.3. The van der Waals surface area contributed by atoms with E-state index in [2.05, 4.69) is 12.2 Å². The number of phenolic OH excluding ortho intramolecular Hbond substituents is 1. The highest BCUT2D eigenvalue weighted by molar-refractivity contribution is 6.52. The lowest BCUT2D eigenvalue weighted by Crippen LogP contribution is -2.34. The number of methoxy groups -OCH3 is 1. The molecule has 0 saturated heterocycles. The van der Waals surface area contributed by atoms with Crippen LogP contribution in [0, 0.1) is 0 Å². The van der Waals surface area contributed by atoms with E-state index in [0.29, 0.717) is 17.7 Å². The first kappa shape index (κ1) is 22.6. The Morgan fingerprint density at radius 3 is 2.35 bits per heavy atom. The Balaban J connectivity index is 1.99. The average Bonchev–Trinajstić information content (AvgIpc) is 2.79. The van der Waals surface area contributed by atoms with Crippen LogP contribution in [-0.4, -0.2) is 35.4 Å². The van der Waals surface area contributed by atoms with Crippen molar-refractivity contribution in [3.8, 4) is 11.5 Å². The Labute approximate surface area is 182 Å². The van der Waals surface area contributed by atoms with Crippen LogP contribution in [0.3, 0.4) is 0 Å². The maximum atomic E-state index is 13.0. The number of ether oxygens (including phenoxy) is 1. The quantitative estimate of drug-likeness (QED) is 0.377. The van der Waals surface area contributed by atoms with Gasteiger partial charge in [0.1, 0.15) is 5.76 Å². The normalized spacial score (nSPS) is 14.5. The number of hydrogen-bond donors (Lipinski definition) is 3. The van der Waals surface area contributed by atoms with Crippen molar-refractivity contribution in [2.75, 3.05) is 13.7 Å². The molecule has 0 saturated carbocycles. The van der Waals surface area contributed by atoms with E-state index in [1.807, 2.05) is 0 Å². The van der Waals surface area contributed by atoms with Gasteiger partial charge in [-0.05, 0) is 30.7 Å². The lowest BCUT2D eigenvalue weighted by molar-refractivity contribution is -0.112. The summed E-state index contributed by atoms with van der Waals surface area (Å²) in [7, 11) is 1.44. The molecule has 31 heavy (non-hydrogen) atoms. The minimum atomic E-state index is -0.730. The molecule has 0 spiro atoms. The van der Waals surface area contributed by atoms with Gasteiger partial charge in [0.05, 0.1) is 18.7 Å². The van der Waals surface area contributed by atoms with Gasteiger partial charge in [0.15, 0.2) is 11.5 Å². The van der Waals surface area contributed by atoms with Crippen molar-refractivity contribution < 1.29 is 24.5 Å². The van der Waals surface area contributed by atoms with Gasteiger partial charge in [-0.2, -0.15) is 0 Å². The van der Waals surface area contributed by atoms with Gasteiger partial charge in [-0.1, -0.05) is 62.9 Å². The molecular formula is C25H29NO5. The number of rotatable bonds is 10. The molecule has 1 atom stereocenters. The summed E-state index contributed by atoms with van der Waals surface area (Å²) in [4.78, 5) is 25.8. The van der Waals surface area contributed by atoms with Crippen LogP contribution in [0.1, 0.15) is 66.6 Å². The van der Waals surface area contributed by atoms with Crippen molar-refractivity contribution in [3.63, 3.8) is 0 Å². The van der Waals surface area contributed by atoms with E-state index in [-0.39, 0.29) is 28.4 Å². The fourth-order valence-electron chi connectivity index (χ4n) is 3.89. The van der Waals surface area contributed by atoms with Crippen LogP contribution in [0.2, 0.25) is 0 Å². The number of carbonyl (C=O) groups is 2. The van der Waals surface area contributed by atoms with E-state index >= 15 is 0 Å². The van der Waals surface area contributed by atoms with Crippen molar-refractivity contribution in [1.82, 2.24) is 5.32 Å². The SMILES string of the molecule is CCCCCCCNC(C1=C(O)c2ccccc2C(=O)C1=O)c1ccc(O)c(OC)c1. The number of phenols is 1. The molecule has 1 aliphatic rings. The zero-order chi connectivity index (χ0) is 22.4. The fourth-order valence-corrected chi connectivity index (χ4v) is 3.89. The summed E-state index contributed by atoms with van der Waals surface area (Å²) in [5.41, 5.74) is 1.19. The molecule has 0 amide bonds. The summed E-state index contributed by atoms with van der Waals surface area (Å²) >= 11 is 0. The van der Waals surface area contributed by atoms with E-state index in [1.165, 1.54) is 19.6 Å². The van der Waals surface area contributed by atoms with Gasteiger partial charge >= 0.3 is 0 Å². The molecule has 0 radical (unpaired) electrons. The molecule has 1 unspecified atom stereocenters. The topological polar surface area (TPSA) is 95.9 Å². The second-order valence-electron chi connectivity index (χ2n) is 7.70. The van der Waals surface area contributed by atoms with E-state index in [1.54, 1.807) is 36.4 Å². The number of hydrogen-bond acceptors (Lipinski definition) is 6. The van der Waals surface area contributed by atoms with Gasteiger partial charge in [0.25, 0.3) is 0 Å². The van der Waals surface area contributed by atoms with Crippen molar-refractivity contribution in [2.45, 2.75) is 45.1 Å². The van der Waals surface area contributed by atoms with E-state index in [9.17, 15) is 19.8 Å². The highest BCUT2D eigenvalue weighted by Crippen LogP contribution is 2.37. The minimum absolute atomic E-state index is 0.0185. The summed E-state index contributed by atoms with van der Waals surface area (Å²) < 4.78 is 5.22. The number of aliphatic hydroxyl groups excluding tert-OH is 1. The maximum absolute atomic E-state index is 13.0. The summed E-state index contributed by atoms with van der Waals surface area (Å²) in [6.45, 7) is 2.77. The van der Waals surface area contributed by atoms with Crippen molar-refractivity contribution >= 4 is 17.3 Å². The van der Waals surface area contributed by atoms with Crippen LogP contribution in [0.15, 0.2) is 48.0 Å². The third-order valence-electron chi connectivity index (χ3n) is 5.59. The van der Waals surface area contributed by atoms with Crippen LogP contribution in [0.25, 0.3) is 5.76 Å². The van der Waals surface area contributed by atoms with Gasteiger partial charge in [-0.15, -0.1) is 0 Å². The average molecular weight is 424 g/mol. The van der Waals surface area contributed by atoms with Crippen molar-refractivity contribution in [2.24, 2.45) is 0 Å². The van der Waals surface area contributed by atoms with E-state index in [4.69, 9.17) is 4.74 Å². The molecule has 3 N–H and O–H groups in total. The lowest BCUT2D eigenvalue weighted by atomic mass is 9.83. The Kier molecular flexibility index (Phi) is 7.47. The monoisotopic (exact) mass is 423 g/mol. The molecule has 0 heterocycles. The van der Waals surface area contributed by atoms with Crippen LogP contribution < -0.4 is 10.1 Å². The molecule has 6 heteroatoms. The van der Waals surface area contributed by atoms with Gasteiger partial charge in [-0.3, -0.25) is 9.59 Å². The number of ketones is 2. The molecule has 2 aromatic rings. The Morgan fingerprint density at radius 1 is 0.935 bits per heavy atom. The van der Waals surface area contributed by atoms with Crippen molar-refractivity contribution in [3.05, 3.63) is 64.7 Å². The first-order valence-corrected chi connectivity index (χ1v) is 10.7. The standard InChI is InChI=1S/C25H29NO5/c1-3-4-5-6-9-14-26-22(16-12-13-19(27)20(15-16)31-2)21-23(28)17-10-7-8-11-18(17)24(29)25(21)30/h7-8,10-13,15,22,26-28H,3-6,9,14H2,1-2H3. The Morgan fingerprint density at radius 2 is 1.65 bits per heavy atom. The minimum Gasteiger partial charge on any atom is -0.507 e. The second-order valence-corrected chi connectivity index (χ2v) is 7.70. The number of carbonyl (C=O) groups excluding carboxylic acids is 2. The van der Waals surface area contributed by atoms with Gasteiger partial charge in [-0.25, -0.2) is 0 Å². The number of nitrogens with one attached hydrogen (secondary N) is 1. The summed E-state index contributed by atoms with van der Waals surface area (Å²) in [6.07, 6.45) is 5.41.